The van der Waals surface area contributed by atoms with E-state index in [0.717, 1.165) is 42.6 Å². The summed E-state index contributed by atoms with van der Waals surface area (Å²) in [6, 6.07) is 7.88. The summed E-state index contributed by atoms with van der Waals surface area (Å²) < 4.78 is 6.22. The van der Waals surface area contributed by atoms with Gasteiger partial charge in [0.1, 0.15) is 5.60 Å². The lowest BCUT2D eigenvalue weighted by Gasteiger charge is -2.35. The van der Waals surface area contributed by atoms with Gasteiger partial charge < -0.3 is 4.74 Å². The molecule has 0 atom stereocenters. The minimum Gasteiger partial charge on any atom is -0.487 e. The van der Waals surface area contributed by atoms with Crippen molar-refractivity contribution in [2.75, 3.05) is 0 Å². The molecule has 0 unspecified atom stereocenters. The van der Waals surface area contributed by atoms with Crippen molar-refractivity contribution in [1.29, 1.82) is 0 Å². The topological polar surface area (TPSA) is 26.3 Å². The second-order valence-electron chi connectivity index (χ2n) is 5.26. The molecule has 0 aromatic heterocycles. The molecule has 1 aromatic rings. The van der Waals surface area contributed by atoms with E-state index in [9.17, 15) is 4.79 Å². The molecule has 0 amide bonds. The van der Waals surface area contributed by atoms with Crippen LogP contribution in [0, 0.1) is 0 Å². The maximum atomic E-state index is 12.3. The fourth-order valence-electron chi connectivity index (χ4n) is 3.05. The van der Waals surface area contributed by atoms with Crippen LogP contribution in [0.5, 0.6) is 0 Å². The van der Waals surface area contributed by atoms with E-state index in [0.29, 0.717) is 0 Å². The Bertz CT molecular complexity index is 494. The highest BCUT2D eigenvalue weighted by Crippen LogP contribution is 2.41. The maximum absolute atomic E-state index is 12.3. The molecule has 1 heterocycles. The average molecular weight is 258 g/mol. The second kappa shape index (κ2) is 5.60. The number of ether oxygens (including phenoxy) is 1. The SMILES string of the molecule is CCCC1(CCC)OC(C)=CC(=O)c2ccccc21. The summed E-state index contributed by atoms with van der Waals surface area (Å²) in [5, 5.41) is 0. The fraction of sp³-hybridized carbons (Fsp3) is 0.471. The molecule has 2 nitrogen and oxygen atoms in total. The molecular formula is C17H22O2. The highest BCUT2D eigenvalue weighted by molar-refractivity contribution is 6.06. The van der Waals surface area contributed by atoms with Gasteiger partial charge in [-0.15, -0.1) is 0 Å². The van der Waals surface area contributed by atoms with Crippen LogP contribution < -0.4 is 0 Å². The molecule has 0 saturated heterocycles. The summed E-state index contributed by atoms with van der Waals surface area (Å²) in [6.07, 6.45) is 5.57. The maximum Gasteiger partial charge on any atom is 0.189 e. The monoisotopic (exact) mass is 258 g/mol. The van der Waals surface area contributed by atoms with Crippen molar-refractivity contribution in [2.24, 2.45) is 0 Å². The highest BCUT2D eigenvalue weighted by atomic mass is 16.5. The molecular weight excluding hydrogens is 236 g/mol. The van der Waals surface area contributed by atoms with Crippen molar-refractivity contribution < 1.29 is 9.53 Å². The number of hydrogen-bond acceptors (Lipinski definition) is 2. The number of benzene rings is 1. The number of carbonyl (C=O) groups excluding carboxylic acids is 1. The smallest absolute Gasteiger partial charge is 0.189 e. The molecule has 0 bridgehead atoms. The van der Waals surface area contributed by atoms with Crippen LogP contribution in [0.1, 0.15) is 62.4 Å². The molecule has 0 aliphatic carbocycles. The van der Waals surface area contributed by atoms with Crippen molar-refractivity contribution in [3.05, 3.63) is 47.2 Å². The van der Waals surface area contributed by atoms with Crippen LogP contribution in [-0.4, -0.2) is 5.78 Å². The highest BCUT2D eigenvalue weighted by Gasteiger charge is 2.37. The van der Waals surface area contributed by atoms with Gasteiger partial charge in [-0.2, -0.15) is 0 Å². The third-order valence-electron chi connectivity index (χ3n) is 3.68. The van der Waals surface area contributed by atoms with Crippen LogP contribution >= 0.6 is 0 Å². The molecule has 19 heavy (non-hydrogen) atoms. The number of rotatable bonds is 4. The first-order valence-corrected chi connectivity index (χ1v) is 7.14. The Morgan fingerprint density at radius 2 is 1.74 bits per heavy atom. The lowest BCUT2D eigenvalue weighted by Crippen LogP contribution is -2.29. The van der Waals surface area contributed by atoms with Gasteiger partial charge in [-0.3, -0.25) is 4.79 Å². The van der Waals surface area contributed by atoms with Gasteiger partial charge in [-0.1, -0.05) is 51.0 Å². The van der Waals surface area contributed by atoms with Gasteiger partial charge in [0.15, 0.2) is 5.78 Å². The Labute approximate surface area is 115 Å². The third kappa shape index (κ3) is 2.58. The van der Waals surface area contributed by atoms with E-state index in [1.54, 1.807) is 6.08 Å². The van der Waals surface area contributed by atoms with Gasteiger partial charge in [0, 0.05) is 17.2 Å². The molecule has 0 saturated carbocycles. The van der Waals surface area contributed by atoms with E-state index < -0.39 is 0 Å². The summed E-state index contributed by atoms with van der Waals surface area (Å²) in [4.78, 5) is 12.3. The third-order valence-corrected chi connectivity index (χ3v) is 3.68. The average Bonchev–Trinajstić information content (AvgIpc) is 2.47. The minimum atomic E-state index is -0.340. The number of hydrogen-bond donors (Lipinski definition) is 0. The van der Waals surface area contributed by atoms with E-state index in [1.807, 2.05) is 31.2 Å². The van der Waals surface area contributed by atoms with Crippen molar-refractivity contribution in [1.82, 2.24) is 0 Å². The molecule has 2 rings (SSSR count). The Hall–Kier alpha value is -1.57. The molecule has 1 aliphatic heterocycles. The molecule has 102 valence electrons. The van der Waals surface area contributed by atoms with Gasteiger partial charge in [-0.05, 0) is 19.8 Å². The van der Waals surface area contributed by atoms with E-state index in [1.165, 1.54) is 0 Å². The Morgan fingerprint density at radius 3 is 2.37 bits per heavy atom. The first-order valence-electron chi connectivity index (χ1n) is 7.14. The molecule has 0 spiro atoms. The molecule has 0 radical (unpaired) electrons. The van der Waals surface area contributed by atoms with Crippen LogP contribution in [0.2, 0.25) is 0 Å². The van der Waals surface area contributed by atoms with E-state index >= 15 is 0 Å². The molecule has 0 N–H and O–H groups in total. The number of allylic oxidation sites excluding steroid dienone is 2. The summed E-state index contributed by atoms with van der Waals surface area (Å²) in [7, 11) is 0. The predicted octanol–water partition coefficient (Wildman–Crippen LogP) is 4.60. The van der Waals surface area contributed by atoms with Crippen molar-refractivity contribution in [2.45, 2.75) is 52.1 Å². The Morgan fingerprint density at radius 1 is 1.11 bits per heavy atom. The number of carbonyl (C=O) groups is 1. The Kier molecular flexibility index (Phi) is 4.08. The summed E-state index contributed by atoms with van der Waals surface area (Å²) in [6.45, 7) is 6.20. The van der Waals surface area contributed by atoms with Gasteiger partial charge >= 0.3 is 0 Å². The van der Waals surface area contributed by atoms with Crippen LogP contribution in [-0.2, 0) is 10.3 Å². The quantitative estimate of drug-likeness (QED) is 0.789. The van der Waals surface area contributed by atoms with Crippen molar-refractivity contribution in [3.8, 4) is 0 Å². The Balaban J connectivity index is 2.61. The van der Waals surface area contributed by atoms with Crippen LogP contribution in [0.15, 0.2) is 36.1 Å². The summed E-state index contributed by atoms with van der Waals surface area (Å²) in [5.74, 6) is 0.783. The lowest BCUT2D eigenvalue weighted by atomic mass is 9.82. The molecule has 2 heteroatoms. The van der Waals surface area contributed by atoms with Gasteiger partial charge in [0.25, 0.3) is 0 Å². The van der Waals surface area contributed by atoms with Gasteiger partial charge in [-0.25, -0.2) is 0 Å². The van der Waals surface area contributed by atoms with E-state index in [4.69, 9.17) is 4.74 Å². The normalized spacial score (nSPS) is 17.2. The van der Waals surface area contributed by atoms with Gasteiger partial charge in [0.2, 0.25) is 0 Å². The zero-order valence-corrected chi connectivity index (χ0v) is 12.0. The first-order chi connectivity index (χ1) is 9.13. The van der Waals surface area contributed by atoms with E-state index in [2.05, 4.69) is 13.8 Å². The molecule has 0 fully saturated rings. The number of ketones is 1. The van der Waals surface area contributed by atoms with Crippen LogP contribution in [0.3, 0.4) is 0 Å². The summed E-state index contributed by atoms with van der Waals surface area (Å²) in [5.41, 5.74) is 1.50. The standard InChI is InChI=1S/C17H22O2/c1-4-10-17(11-5-2)15-9-7-6-8-14(15)16(18)12-13(3)19-17/h6-9,12H,4-5,10-11H2,1-3H3. The van der Waals surface area contributed by atoms with Crippen LogP contribution in [0.4, 0.5) is 0 Å². The predicted molar refractivity (Wildman–Crippen MR) is 77.1 cm³/mol. The van der Waals surface area contributed by atoms with E-state index in [-0.39, 0.29) is 11.4 Å². The van der Waals surface area contributed by atoms with Crippen molar-refractivity contribution in [3.63, 3.8) is 0 Å². The van der Waals surface area contributed by atoms with Crippen molar-refractivity contribution >= 4 is 5.78 Å². The molecule has 1 aliphatic rings. The molecule has 1 aromatic carbocycles. The second-order valence-corrected chi connectivity index (χ2v) is 5.26. The zero-order valence-electron chi connectivity index (χ0n) is 12.0. The minimum absolute atomic E-state index is 0.0576. The van der Waals surface area contributed by atoms with Gasteiger partial charge in [0.05, 0.1) is 5.76 Å². The first kappa shape index (κ1) is 13.9. The zero-order chi connectivity index (χ0) is 13.9. The lowest BCUT2D eigenvalue weighted by molar-refractivity contribution is -0.0177. The fourth-order valence-corrected chi connectivity index (χ4v) is 3.05. The number of fused-ring (bicyclic) bond motifs is 1. The summed E-state index contributed by atoms with van der Waals surface area (Å²) >= 11 is 0. The largest absolute Gasteiger partial charge is 0.487 e. The van der Waals surface area contributed by atoms with Crippen LogP contribution in [0.25, 0.3) is 0 Å².